The second-order valence-electron chi connectivity index (χ2n) is 12.3. The van der Waals surface area contributed by atoms with Crippen molar-refractivity contribution in [2.45, 2.75) is 0 Å². The van der Waals surface area contributed by atoms with Crippen molar-refractivity contribution in [3.63, 3.8) is 0 Å². The van der Waals surface area contributed by atoms with E-state index >= 15 is 0 Å². The molecule has 234 valence electrons. The van der Waals surface area contributed by atoms with Crippen LogP contribution in [0, 0.1) is 0 Å². The first-order valence-electron chi connectivity index (χ1n) is 16.5. The van der Waals surface area contributed by atoms with E-state index in [2.05, 4.69) is 128 Å². The Labute approximate surface area is 286 Å². The Morgan fingerprint density at radius 2 is 0.760 bits per heavy atom. The number of nitrogens with zero attached hydrogens (tertiary/aromatic N) is 7. The molecular weight excluding hydrogens is 615 g/mol. The van der Waals surface area contributed by atoms with Crippen LogP contribution in [0.4, 0.5) is 0 Å². The van der Waals surface area contributed by atoms with Gasteiger partial charge in [0.2, 0.25) is 0 Å². The molecule has 0 atom stereocenters. The van der Waals surface area contributed by atoms with E-state index in [1.165, 1.54) is 0 Å². The fourth-order valence-corrected chi connectivity index (χ4v) is 7.11. The number of pyridine rings is 2. The first-order chi connectivity index (χ1) is 24.8. The van der Waals surface area contributed by atoms with Crippen molar-refractivity contribution in [1.29, 1.82) is 0 Å². The Morgan fingerprint density at radius 3 is 1.28 bits per heavy atom. The molecule has 0 radical (unpaired) electrons. The number of para-hydroxylation sites is 2. The van der Waals surface area contributed by atoms with Crippen LogP contribution in [0.2, 0.25) is 0 Å². The average Bonchev–Trinajstić information content (AvgIpc) is 3.71. The van der Waals surface area contributed by atoms with E-state index in [1.54, 1.807) is 0 Å². The highest BCUT2D eigenvalue weighted by atomic mass is 15.0. The molecular formula is C43H27N7. The molecule has 5 aromatic heterocycles. The van der Waals surface area contributed by atoms with Crippen LogP contribution < -0.4 is 0 Å². The summed E-state index contributed by atoms with van der Waals surface area (Å²) in [5.41, 5.74) is 9.18. The standard InChI is InChI=1S/C43H27N7/c1-2-10-28(11-3-1)41-46-42(29-12-8-14-31(24-29)49-37-18-6-4-16-33(37)35-26-44-22-20-39(35)49)48-43(47-41)30-13-9-15-32(25-30)50-38-19-7-5-17-34(38)36-27-45-23-21-40(36)50/h1-27H. The summed E-state index contributed by atoms with van der Waals surface area (Å²) >= 11 is 0. The van der Waals surface area contributed by atoms with Crippen molar-refractivity contribution in [2.24, 2.45) is 0 Å². The van der Waals surface area contributed by atoms with Gasteiger partial charge in [-0.25, -0.2) is 15.0 Å². The summed E-state index contributed by atoms with van der Waals surface area (Å²) in [6.07, 6.45) is 7.56. The number of hydrogen-bond donors (Lipinski definition) is 0. The molecule has 0 saturated carbocycles. The van der Waals surface area contributed by atoms with Gasteiger partial charge in [0.1, 0.15) is 0 Å². The van der Waals surface area contributed by atoms with Gasteiger partial charge in [0.25, 0.3) is 0 Å². The molecule has 5 aromatic carbocycles. The summed E-state index contributed by atoms with van der Waals surface area (Å²) in [6, 6.07) is 47.9. The van der Waals surface area contributed by atoms with Gasteiger partial charge in [0.05, 0.1) is 22.1 Å². The minimum Gasteiger partial charge on any atom is -0.309 e. The molecule has 10 aromatic rings. The third kappa shape index (κ3) is 4.48. The van der Waals surface area contributed by atoms with Gasteiger partial charge >= 0.3 is 0 Å². The number of fused-ring (bicyclic) bond motifs is 6. The van der Waals surface area contributed by atoms with Gasteiger partial charge in [0.15, 0.2) is 17.5 Å². The highest BCUT2D eigenvalue weighted by molar-refractivity contribution is 6.09. The molecule has 0 aliphatic heterocycles. The lowest BCUT2D eigenvalue weighted by atomic mass is 10.1. The lowest BCUT2D eigenvalue weighted by Crippen LogP contribution is -2.02. The van der Waals surface area contributed by atoms with E-state index in [-0.39, 0.29) is 0 Å². The van der Waals surface area contributed by atoms with Crippen molar-refractivity contribution < 1.29 is 0 Å². The molecule has 0 aliphatic carbocycles. The molecule has 0 fully saturated rings. The second kappa shape index (κ2) is 11.3. The summed E-state index contributed by atoms with van der Waals surface area (Å²) in [6.45, 7) is 0. The Morgan fingerprint density at radius 1 is 0.340 bits per heavy atom. The monoisotopic (exact) mass is 641 g/mol. The van der Waals surface area contributed by atoms with Gasteiger partial charge in [-0.15, -0.1) is 0 Å². The van der Waals surface area contributed by atoms with Crippen LogP contribution in [0.3, 0.4) is 0 Å². The molecule has 0 amide bonds. The van der Waals surface area contributed by atoms with Crippen molar-refractivity contribution in [3.8, 4) is 45.5 Å². The van der Waals surface area contributed by atoms with Gasteiger partial charge in [-0.3, -0.25) is 9.97 Å². The maximum absolute atomic E-state index is 5.13. The highest BCUT2D eigenvalue weighted by Crippen LogP contribution is 2.35. The number of benzene rings is 5. The van der Waals surface area contributed by atoms with Crippen molar-refractivity contribution in [2.75, 3.05) is 0 Å². The topological polar surface area (TPSA) is 74.3 Å². The van der Waals surface area contributed by atoms with Crippen LogP contribution in [0.5, 0.6) is 0 Å². The third-order valence-electron chi connectivity index (χ3n) is 9.34. The zero-order valence-electron chi connectivity index (χ0n) is 26.7. The van der Waals surface area contributed by atoms with Crippen LogP contribution in [0.1, 0.15) is 0 Å². The minimum absolute atomic E-state index is 0.603. The summed E-state index contributed by atoms with van der Waals surface area (Å²) in [5, 5.41) is 4.55. The molecule has 5 heterocycles. The van der Waals surface area contributed by atoms with Gasteiger partial charge < -0.3 is 9.13 Å². The quantitative estimate of drug-likeness (QED) is 0.187. The van der Waals surface area contributed by atoms with E-state index in [0.29, 0.717) is 17.5 Å². The average molecular weight is 642 g/mol. The Balaban J connectivity index is 1.15. The number of aromatic nitrogens is 7. The van der Waals surface area contributed by atoms with Crippen LogP contribution in [-0.4, -0.2) is 34.1 Å². The van der Waals surface area contributed by atoms with Gasteiger partial charge in [-0.2, -0.15) is 0 Å². The molecule has 0 N–H and O–H groups in total. The van der Waals surface area contributed by atoms with Crippen LogP contribution in [0.15, 0.2) is 164 Å². The van der Waals surface area contributed by atoms with Gasteiger partial charge in [-0.05, 0) is 48.5 Å². The highest BCUT2D eigenvalue weighted by Gasteiger charge is 2.17. The fourth-order valence-electron chi connectivity index (χ4n) is 7.11. The zero-order valence-corrected chi connectivity index (χ0v) is 26.7. The molecule has 50 heavy (non-hydrogen) atoms. The predicted molar refractivity (Wildman–Crippen MR) is 200 cm³/mol. The van der Waals surface area contributed by atoms with E-state index < -0.39 is 0 Å². The summed E-state index contributed by atoms with van der Waals surface area (Å²) in [4.78, 5) is 24.1. The third-order valence-corrected chi connectivity index (χ3v) is 9.34. The molecule has 7 nitrogen and oxygen atoms in total. The lowest BCUT2D eigenvalue weighted by Gasteiger charge is -2.12. The molecule has 0 saturated heterocycles. The van der Waals surface area contributed by atoms with Crippen LogP contribution in [-0.2, 0) is 0 Å². The molecule has 0 unspecified atom stereocenters. The van der Waals surface area contributed by atoms with E-state index in [1.807, 2.05) is 55.1 Å². The molecule has 0 spiro atoms. The Kier molecular flexibility index (Phi) is 6.35. The predicted octanol–water partition coefficient (Wildman–Crippen LogP) is 9.86. The van der Waals surface area contributed by atoms with E-state index in [4.69, 9.17) is 15.0 Å². The van der Waals surface area contributed by atoms with Crippen molar-refractivity contribution in [1.82, 2.24) is 34.1 Å². The molecule has 0 bridgehead atoms. The zero-order chi connectivity index (χ0) is 33.0. The summed E-state index contributed by atoms with van der Waals surface area (Å²) in [7, 11) is 0. The maximum atomic E-state index is 5.13. The molecule has 0 aliphatic rings. The van der Waals surface area contributed by atoms with E-state index in [0.717, 1.165) is 71.7 Å². The normalized spacial score (nSPS) is 11.6. The first-order valence-corrected chi connectivity index (χ1v) is 16.5. The van der Waals surface area contributed by atoms with Crippen molar-refractivity contribution >= 4 is 43.6 Å². The van der Waals surface area contributed by atoms with Crippen LogP contribution >= 0.6 is 0 Å². The Bertz CT molecular complexity index is 2610. The minimum atomic E-state index is 0.603. The summed E-state index contributed by atoms with van der Waals surface area (Å²) in [5.74, 6) is 1.82. The largest absolute Gasteiger partial charge is 0.309 e. The number of hydrogen-bond acceptors (Lipinski definition) is 5. The Hall–Kier alpha value is -6.99. The van der Waals surface area contributed by atoms with Gasteiger partial charge in [0, 0.05) is 74.4 Å². The summed E-state index contributed by atoms with van der Waals surface area (Å²) < 4.78 is 4.56. The van der Waals surface area contributed by atoms with Crippen LogP contribution in [0.25, 0.3) is 89.2 Å². The maximum Gasteiger partial charge on any atom is 0.164 e. The van der Waals surface area contributed by atoms with Crippen molar-refractivity contribution in [3.05, 3.63) is 164 Å². The lowest BCUT2D eigenvalue weighted by molar-refractivity contribution is 1.07. The molecule has 10 rings (SSSR count). The second-order valence-corrected chi connectivity index (χ2v) is 12.3. The number of rotatable bonds is 5. The van der Waals surface area contributed by atoms with E-state index in [9.17, 15) is 0 Å². The smallest absolute Gasteiger partial charge is 0.164 e. The molecule has 7 heteroatoms. The fraction of sp³-hybridized carbons (Fsp3) is 0. The first kappa shape index (κ1) is 28.1. The SMILES string of the molecule is c1ccc(-c2nc(-c3cccc(-n4c5ccccc5c5cnccc54)c3)nc(-c3cccc(-n4c5ccccc5c5cnccc54)c3)n2)cc1. The van der Waals surface area contributed by atoms with Gasteiger partial charge in [-0.1, -0.05) is 91.0 Å².